The number of halogens is 1. The molecule has 0 radical (unpaired) electrons. The van der Waals surface area contributed by atoms with Crippen LogP contribution in [0.2, 0.25) is 0 Å². The van der Waals surface area contributed by atoms with Crippen LogP contribution in [0, 0.1) is 5.82 Å². The Hall–Kier alpha value is -3.69. The standard InChI is InChI=1S/C25H22FN5O2S/c26-18-9-4-5-10-19(18)29-12-14-30(15-13-29)21(17-7-2-1-3-8-17)22-24(32)31-25(34-22)27-23(28-31)20-11-6-16-33-20/h1-11,16,21,32H,12-15H2/t21-/m1/s1. The number of rotatable bonds is 5. The number of hydrogen-bond acceptors (Lipinski definition) is 7. The zero-order valence-electron chi connectivity index (χ0n) is 18.2. The highest BCUT2D eigenvalue weighted by atomic mass is 32.1. The summed E-state index contributed by atoms with van der Waals surface area (Å²) in [4.78, 5) is 10.4. The molecule has 1 fully saturated rings. The summed E-state index contributed by atoms with van der Waals surface area (Å²) in [6, 6.07) is 20.4. The van der Waals surface area contributed by atoms with Gasteiger partial charge in [-0.3, -0.25) is 4.90 Å². The molecule has 2 aromatic carbocycles. The lowest BCUT2D eigenvalue weighted by molar-refractivity contribution is 0.210. The first-order chi connectivity index (χ1) is 16.7. The molecule has 0 amide bonds. The van der Waals surface area contributed by atoms with Gasteiger partial charge < -0.3 is 14.4 Å². The highest BCUT2D eigenvalue weighted by Crippen LogP contribution is 2.41. The van der Waals surface area contributed by atoms with Crippen molar-refractivity contribution < 1.29 is 13.9 Å². The number of piperazine rings is 1. The highest BCUT2D eigenvalue weighted by molar-refractivity contribution is 7.17. The Kier molecular flexibility index (Phi) is 5.27. The maximum Gasteiger partial charge on any atom is 0.230 e. The van der Waals surface area contributed by atoms with E-state index in [2.05, 4.69) is 32.0 Å². The molecular weight excluding hydrogens is 453 g/mol. The van der Waals surface area contributed by atoms with Crippen molar-refractivity contribution in [2.24, 2.45) is 0 Å². The minimum absolute atomic E-state index is 0.0793. The van der Waals surface area contributed by atoms with Gasteiger partial charge in [-0.1, -0.05) is 53.8 Å². The number of benzene rings is 2. The monoisotopic (exact) mass is 475 g/mol. The van der Waals surface area contributed by atoms with Crippen molar-refractivity contribution in [1.29, 1.82) is 0 Å². The molecule has 1 atom stereocenters. The molecule has 1 aliphatic rings. The molecule has 7 nitrogen and oxygen atoms in total. The van der Waals surface area contributed by atoms with E-state index < -0.39 is 0 Å². The normalized spacial score (nSPS) is 15.7. The zero-order valence-corrected chi connectivity index (χ0v) is 19.0. The topological polar surface area (TPSA) is 70.0 Å². The lowest BCUT2D eigenvalue weighted by Crippen LogP contribution is -2.48. The molecular formula is C25H22FN5O2S. The number of anilines is 1. The summed E-state index contributed by atoms with van der Waals surface area (Å²) in [7, 11) is 0. The van der Waals surface area contributed by atoms with Crippen LogP contribution in [0.4, 0.5) is 10.1 Å². The van der Waals surface area contributed by atoms with E-state index in [1.807, 2.05) is 30.3 Å². The fraction of sp³-hybridized carbons (Fsp3) is 0.200. The van der Waals surface area contributed by atoms with Crippen molar-refractivity contribution in [2.45, 2.75) is 6.04 Å². The number of fused-ring (bicyclic) bond motifs is 1. The van der Waals surface area contributed by atoms with Crippen LogP contribution in [-0.2, 0) is 0 Å². The second kappa shape index (κ2) is 8.58. The second-order valence-corrected chi connectivity index (χ2v) is 9.19. The zero-order chi connectivity index (χ0) is 23.1. The molecule has 1 saturated heterocycles. The van der Waals surface area contributed by atoms with E-state index in [0.717, 1.165) is 23.5 Å². The number of furan rings is 1. The number of para-hydroxylation sites is 1. The average molecular weight is 476 g/mol. The SMILES string of the molecule is Oc1c([C@@H](c2ccccc2)N2CCN(c3ccccc3F)CC2)sc2nc(-c3ccco3)nn12. The quantitative estimate of drug-likeness (QED) is 0.394. The number of aromatic hydroxyl groups is 1. The Morgan fingerprint density at radius 2 is 1.71 bits per heavy atom. The summed E-state index contributed by atoms with van der Waals surface area (Å²) in [6.07, 6.45) is 1.57. The van der Waals surface area contributed by atoms with Crippen LogP contribution < -0.4 is 4.90 Å². The highest BCUT2D eigenvalue weighted by Gasteiger charge is 2.32. The smallest absolute Gasteiger partial charge is 0.230 e. The molecule has 1 aliphatic heterocycles. The maximum absolute atomic E-state index is 14.3. The van der Waals surface area contributed by atoms with Crippen LogP contribution in [0.3, 0.4) is 0 Å². The van der Waals surface area contributed by atoms with E-state index in [4.69, 9.17) is 4.42 Å². The molecule has 0 aliphatic carbocycles. The van der Waals surface area contributed by atoms with Crippen molar-refractivity contribution in [1.82, 2.24) is 19.5 Å². The van der Waals surface area contributed by atoms with Crippen LogP contribution in [0.15, 0.2) is 77.4 Å². The van der Waals surface area contributed by atoms with E-state index in [1.165, 1.54) is 21.9 Å². The largest absolute Gasteiger partial charge is 0.492 e. The molecule has 34 heavy (non-hydrogen) atoms. The Morgan fingerprint density at radius 1 is 0.941 bits per heavy atom. The summed E-state index contributed by atoms with van der Waals surface area (Å²) in [5, 5.41) is 15.6. The number of nitrogens with zero attached hydrogens (tertiary/aromatic N) is 5. The number of hydrogen-bond donors (Lipinski definition) is 1. The van der Waals surface area contributed by atoms with Crippen molar-refractivity contribution in [3.63, 3.8) is 0 Å². The van der Waals surface area contributed by atoms with Crippen molar-refractivity contribution in [3.05, 3.63) is 89.3 Å². The molecule has 0 saturated carbocycles. The van der Waals surface area contributed by atoms with Gasteiger partial charge in [0.15, 0.2) is 5.76 Å². The molecule has 4 heterocycles. The first-order valence-electron chi connectivity index (χ1n) is 11.1. The van der Waals surface area contributed by atoms with Crippen molar-refractivity contribution in [2.75, 3.05) is 31.1 Å². The van der Waals surface area contributed by atoms with Gasteiger partial charge >= 0.3 is 0 Å². The van der Waals surface area contributed by atoms with Crippen molar-refractivity contribution >= 4 is 22.0 Å². The van der Waals surface area contributed by atoms with Crippen LogP contribution in [0.5, 0.6) is 5.88 Å². The van der Waals surface area contributed by atoms with Gasteiger partial charge in [0.1, 0.15) is 5.82 Å². The average Bonchev–Trinajstić information content (AvgIpc) is 3.60. The molecule has 0 bridgehead atoms. The Bertz CT molecular complexity index is 1410. The van der Waals surface area contributed by atoms with E-state index in [0.29, 0.717) is 35.3 Å². The lowest BCUT2D eigenvalue weighted by atomic mass is 10.0. The summed E-state index contributed by atoms with van der Waals surface area (Å²) < 4.78 is 21.2. The van der Waals surface area contributed by atoms with Gasteiger partial charge in [0, 0.05) is 26.2 Å². The number of aromatic nitrogens is 3. The summed E-state index contributed by atoms with van der Waals surface area (Å²) in [5.74, 6) is 0.871. The molecule has 172 valence electrons. The number of thiazole rings is 1. The molecule has 0 spiro atoms. The molecule has 6 rings (SSSR count). The first-order valence-corrected chi connectivity index (χ1v) is 11.9. The summed E-state index contributed by atoms with van der Waals surface area (Å²) in [5.41, 5.74) is 1.71. The van der Waals surface area contributed by atoms with Gasteiger partial charge in [-0.05, 0) is 29.8 Å². The van der Waals surface area contributed by atoms with Gasteiger partial charge in [0.2, 0.25) is 16.7 Å². The Labute approximate surface area is 199 Å². The van der Waals surface area contributed by atoms with Crippen LogP contribution >= 0.6 is 11.3 Å². The first kappa shape index (κ1) is 20.9. The van der Waals surface area contributed by atoms with Crippen LogP contribution in [0.25, 0.3) is 16.5 Å². The van der Waals surface area contributed by atoms with Crippen molar-refractivity contribution in [3.8, 4) is 17.5 Å². The second-order valence-electron chi connectivity index (χ2n) is 8.18. The predicted molar refractivity (Wildman–Crippen MR) is 129 cm³/mol. The molecule has 5 aromatic rings. The van der Waals surface area contributed by atoms with Crippen LogP contribution in [-0.4, -0.2) is 50.8 Å². The third-order valence-corrected chi connectivity index (χ3v) is 7.25. The van der Waals surface area contributed by atoms with E-state index in [1.54, 1.807) is 24.5 Å². The third-order valence-electron chi connectivity index (χ3n) is 6.18. The fourth-order valence-electron chi connectivity index (χ4n) is 4.53. The van der Waals surface area contributed by atoms with E-state index in [-0.39, 0.29) is 17.7 Å². The maximum atomic E-state index is 14.3. The summed E-state index contributed by atoms with van der Waals surface area (Å²) >= 11 is 1.42. The Morgan fingerprint density at radius 3 is 2.41 bits per heavy atom. The van der Waals surface area contributed by atoms with Gasteiger partial charge in [-0.2, -0.15) is 9.50 Å². The van der Waals surface area contributed by atoms with Gasteiger partial charge in [-0.15, -0.1) is 5.10 Å². The predicted octanol–water partition coefficient (Wildman–Crippen LogP) is 4.81. The van der Waals surface area contributed by atoms with Crippen LogP contribution in [0.1, 0.15) is 16.5 Å². The van der Waals surface area contributed by atoms with E-state index in [9.17, 15) is 9.50 Å². The van der Waals surface area contributed by atoms with E-state index >= 15 is 0 Å². The van der Waals surface area contributed by atoms with Gasteiger partial charge in [-0.25, -0.2) is 4.39 Å². The lowest BCUT2D eigenvalue weighted by Gasteiger charge is -2.40. The summed E-state index contributed by atoms with van der Waals surface area (Å²) in [6.45, 7) is 2.82. The minimum atomic E-state index is -0.203. The van der Waals surface area contributed by atoms with Gasteiger partial charge in [0.05, 0.1) is 22.9 Å². The molecule has 1 N–H and O–H groups in total. The Balaban J connectivity index is 1.33. The molecule has 0 unspecified atom stereocenters. The van der Waals surface area contributed by atoms with Gasteiger partial charge in [0.25, 0.3) is 0 Å². The fourth-order valence-corrected chi connectivity index (χ4v) is 5.65. The minimum Gasteiger partial charge on any atom is -0.492 e. The molecule has 3 aromatic heterocycles. The molecule has 9 heteroatoms. The third kappa shape index (κ3) is 3.63.